The van der Waals surface area contributed by atoms with Gasteiger partial charge in [0.15, 0.2) is 0 Å². The van der Waals surface area contributed by atoms with E-state index >= 15 is 0 Å². The number of hydrogen-bond donors (Lipinski definition) is 1. The lowest BCUT2D eigenvalue weighted by Crippen LogP contribution is -2.38. The van der Waals surface area contributed by atoms with E-state index < -0.39 is 6.10 Å². The molecule has 1 fully saturated rings. The topological polar surface area (TPSA) is 26.7 Å². The maximum absolute atomic E-state index is 14.0. The van der Waals surface area contributed by atoms with Crippen LogP contribution in [0.1, 0.15) is 31.9 Å². The maximum Gasteiger partial charge on any atom is 0.131 e. The largest absolute Gasteiger partial charge is 0.389 e. The highest BCUT2D eigenvalue weighted by atomic mass is 19.1. The summed E-state index contributed by atoms with van der Waals surface area (Å²) in [7, 11) is 2.11. The molecule has 1 N–H and O–H groups in total. The van der Waals surface area contributed by atoms with Gasteiger partial charge in [-0.15, -0.1) is 0 Å². The SMILES string of the molecule is CC1CN(C)CCCN1c1cccc(F)c1[C@H](C)O. The summed E-state index contributed by atoms with van der Waals surface area (Å²) < 4.78 is 14.0. The fourth-order valence-corrected chi connectivity index (χ4v) is 2.92. The molecule has 1 heterocycles. The average Bonchev–Trinajstić information content (AvgIpc) is 2.49. The van der Waals surface area contributed by atoms with Crippen molar-refractivity contribution in [1.29, 1.82) is 0 Å². The van der Waals surface area contributed by atoms with Gasteiger partial charge in [0.1, 0.15) is 5.82 Å². The van der Waals surface area contributed by atoms with Gasteiger partial charge in [-0.05, 0) is 46.0 Å². The van der Waals surface area contributed by atoms with Gasteiger partial charge in [-0.3, -0.25) is 0 Å². The standard InChI is InChI=1S/C15H23FN2O/c1-11-10-17(3)8-5-9-18(11)14-7-4-6-13(16)15(14)12(2)19/h4,6-7,11-12,19H,5,8-10H2,1-3H3/t11?,12-/m0/s1. The molecule has 0 radical (unpaired) electrons. The van der Waals surface area contributed by atoms with Crippen molar-refractivity contribution < 1.29 is 9.50 Å². The van der Waals surface area contributed by atoms with Gasteiger partial charge >= 0.3 is 0 Å². The number of anilines is 1. The summed E-state index contributed by atoms with van der Waals surface area (Å²) in [5.74, 6) is -0.322. The second-order valence-electron chi connectivity index (χ2n) is 5.51. The van der Waals surface area contributed by atoms with Crippen molar-refractivity contribution in [3.05, 3.63) is 29.6 Å². The maximum atomic E-state index is 14.0. The molecule has 0 bridgehead atoms. The molecule has 106 valence electrons. The highest BCUT2D eigenvalue weighted by Gasteiger charge is 2.24. The first-order valence-electron chi connectivity index (χ1n) is 6.92. The molecule has 0 saturated carbocycles. The van der Waals surface area contributed by atoms with Crippen LogP contribution in [0.2, 0.25) is 0 Å². The summed E-state index contributed by atoms with van der Waals surface area (Å²) >= 11 is 0. The molecular formula is C15H23FN2O. The highest BCUT2D eigenvalue weighted by Crippen LogP contribution is 2.31. The zero-order valence-corrected chi connectivity index (χ0v) is 11.9. The summed E-state index contributed by atoms with van der Waals surface area (Å²) in [5.41, 5.74) is 1.25. The van der Waals surface area contributed by atoms with Crippen LogP contribution in [0.3, 0.4) is 0 Å². The van der Waals surface area contributed by atoms with E-state index in [1.807, 2.05) is 6.07 Å². The molecule has 1 saturated heterocycles. The fourth-order valence-electron chi connectivity index (χ4n) is 2.92. The molecule has 1 aliphatic rings. The zero-order chi connectivity index (χ0) is 14.0. The first kappa shape index (κ1) is 14.3. The first-order valence-corrected chi connectivity index (χ1v) is 6.92. The van der Waals surface area contributed by atoms with E-state index in [1.54, 1.807) is 13.0 Å². The molecule has 0 aliphatic carbocycles. The fraction of sp³-hybridized carbons (Fsp3) is 0.600. The van der Waals surface area contributed by atoms with Crippen molar-refractivity contribution in [3.63, 3.8) is 0 Å². The van der Waals surface area contributed by atoms with Gasteiger partial charge in [0.25, 0.3) is 0 Å². The van der Waals surface area contributed by atoms with Crippen molar-refractivity contribution in [2.75, 3.05) is 31.6 Å². The quantitative estimate of drug-likeness (QED) is 0.890. The Hall–Kier alpha value is -1.13. The number of halogens is 1. The average molecular weight is 266 g/mol. The van der Waals surface area contributed by atoms with Crippen LogP contribution in [0, 0.1) is 5.82 Å². The Morgan fingerprint density at radius 2 is 2.11 bits per heavy atom. The molecule has 3 nitrogen and oxygen atoms in total. The van der Waals surface area contributed by atoms with Crippen molar-refractivity contribution >= 4 is 5.69 Å². The lowest BCUT2D eigenvalue weighted by atomic mass is 10.0. The third kappa shape index (κ3) is 3.07. The van der Waals surface area contributed by atoms with E-state index in [9.17, 15) is 9.50 Å². The molecule has 1 aromatic rings. The minimum atomic E-state index is -0.788. The van der Waals surface area contributed by atoms with Gasteiger partial charge < -0.3 is 14.9 Å². The highest BCUT2D eigenvalue weighted by molar-refractivity contribution is 5.56. The molecule has 0 amide bonds. The lowest BCUT2D eigenvalue weighted by Gasteiger charge is -2.32. The third-order valence-electron chi connectivity index (χ3n) is 3.80. The van der Waals surface area contributed by atoms with E-state index in [1.165, 1.54) is 6.07 Å². The molecule has 1 aliphatic heterocycles. The number of hydrogen-bond acceptors (Lipinski definition) is 3. The minimum Gasteiger partial charge on any atom is -0.389 e. The third-order valence-corrected chi connectivity index (χ3v) is 3.80. The zero-order valence-electron chi connectivity index (χ0n) is 11.9. The Labute approximate surface area is 114 Å². The van der Waals surface area contributed by atoms with Crippen LogP contribution in [0.15, 0.2) is 18.2 Å². The van der Waals surface area contributed by atoms with Crippen LogP contribution in [0.5, 0.6) is 0 Å². The van der Waals surface area contributed by atoms with Crippen LogP contribution >= 0.6 is 0 Å². The molecule has 2 atom stereocenters. The molecule has 0 spiro atoms. The first-order chi connectivity index (χ1) is 9.00. The van der Waals surface area contributed by atoms with Gasteiger partial charge in [-0.25, -0.2) is 4.39 Å². The predicted octanol–water partition coefficient (Wildman–Crippen LogP) is 2.41. The van der Waals surface area contributed by atoms with Crippen LogP contribution < -0.4 is 4.90 Å². The van der Waals surface area contributed by atoms with Crippen molar-refractivity contribution in [1.82, 2.24) is 4.90 Å². The molecule has 0 aromatic heterocycles. The van der Waals surface area contributed by atoms with Crippen LogP contribution in [0.25, 0.3) is 0 Å². The van der Waals surface area contributed by atoms with Crippen molar-refractivity contribution in [2.24, 2.45) is 0 Å². The second-order valence-corrected chi connectivity index (χ2v) is 5.51. The Kier molecular flexibility index (Phi) is 4.42. The van der Waals surface area contributed by atoms with Crippen LogP contribution in [-0.2, 0) is 0 Å². The van der Waals surface area contributed by atoms with Gasteiger partial charge in [-0.1, -0.05) is 6.07 Å². The van der Waals surface area contributed by atoms with Gasteiger partial charge in [-0.2, -0.15) is 0 Å². The summed E-state index contributed by atoms with van der Waals surface area (Å²) in [6.07, 6.45) is 0.265. The summed E-state index contributed by atoms with van der Waals surface area (Å²) in [5, 5.41) is 9.85. The number of likely N-dealkylation sites (N-methyl/N-ethyl adjacent to an activating group) is 1. The molecular weight excluding hydrogens is 243 g/mol. The Morgan fingerprint density at radius 3 is 2.79 bits per heavy atom. The Morgan fingerprint density at radius 1 is 1.37 bits per heavy atom. The van der Waals surface area contributed by atoms with Gasteiger partial charge in [0, 0.05) is 30.4 Å². The van der Waals surface area contributed by atoms with E-state index in [-0.39, 0.29) is 5.82 Å². The molecule has 19 heavy (non-hydrogen) atoms. The smallest absolute Gasteiger partial charge is 0.131 e. The number of aliphatic hydroxyl groups is 1. The van der Waals surface area contributed by atoms with Crippen LogP contribution in [0.4, 0.5) is 10.1 Å². The molecule has 2 rings (SSSR count). The number of rotatable bonds is 2. The van der Waals surface area contributed by atoms with Gasteiger partial charge in [0.2, 0.25) is 0 Å². The molecule has 1 unspecified atom stereocenters. The van der Waals surface area contributed by atoms with E-state index in [0.29, 0.717) is 11.6 Å². The van der Waals surface area contributed by atoms with Gasteiger partial charge in [0.05, 0.1) is 6.10 Å². The van der Waals surface area contributed by atoms with E-state index in [0.717, 1.165) is 31.7 Å². The van der Waals surface area contributed by atoms with Crippen LogP contribution in [-0.4, -0.2) is 42.7 Å². The molecule has 1 aromatic carbocycles. The number of nitrogens with zero attached hydrogens (tertiary/aromatic N) is 2. The Bertz CT molecular complexity index is 436. The van der Waals surface area contributed by atoms with E-state index in [2.05, 4.69) is 23.8 Å². The summed E-state index contributed by atoms with van der Waals surface area (Å²) in [4.78, 5) is 4.51. The van der Waals surface area contributed by atoms with Crippen molar-refractivity contribution in [2.45, 2.75) is 32.4 Å². The summed E-state index contributed by atoms with van der Waals surface area (Å²) in [6, 6.07) is 5.36. The van der Waals surface area contributed by atoms with Crippen molar-refractivity contribution in [3.8, 4) is 0 Å². The summed E-state index contributed by atoms with van der Waals surface area (Å²) in [6.45, 7) is 6.68. The minimum absolute atomic E-state index is 0.312. The lowest BCUT2D eigenvalue weighted by molar-refractivity contribution is 0.194. The number of benzene rings is 1. The van der Waals surface area contributed by atoms with E-state index in [4.69, 9.17) is 0 Å². The number of aliphatic hydroxyl groups excluding tert-OH is 1. The molecule has 4 heteroatoms. The normalized spacial score (nSPS) is 23.2. The Balaban J connectivity index is 2.37. The monoisotopic (exact) mass is 266 g/mol. The second kappa shape index (κ2) is 5.88. The predicted molar refractivity (Wildman–Crippen MR) is 76.0 cm³/mol.